The van der Waals surface area contributed by atoms with E-state index >= 15 is 0 Å². The summed E-state index contributed by atoms with van der Waals surface area (Å²) in [5, 5.41) is 7.01. The van der Waals surface area contributed by atoms with Crippen molar-refractivity contribution in [3.63, 3.8) is 0 Å². The fraction of sp³-hybridized carbons (Fsp3) is 0.286. The fourth-order valence-electron chi connectivity index (χ4n) is 2.61. The molecule has 1 unspecified atom stereocenters. The highest BCUT2D eigenvalue weighted by atomic mass is 16.5. The molecule has 4 rings (SSSR count). The van der Waals surface area contributed by atoms with Gasteiger partial charge in [-0.3, -0.25) is 5.10 Å². The summed E-state index contributed by atoms with van der Waals surface area (Å²) in [4.78, 5) is 14.9. The van der Waals surface area contributed by atoms with Crippen LogP contribution in [0.3, 0.4) is 0 Å². The van der Waals surface area contributed by atoms with Crippen molar-refractivity contribution < 1.29 is 4.74 Å². The third kappa shape index (κ3) is 2.23. The van der Waals surface area contributed by atoms with Crippen LogP contribution in [0.1, 0.15) is 11.8 Å². The van der Waals surface area contributed by atoms with E-state index in [0.29, 0.717) is 24.5 Å². The molecule has 0 aliphatic carbocycles. The van der Waals surface area contributed by atoms with E-state index in [1.54, 1.807) is 6.20 Å². The van der Waals surface area contributed by atoms with Gasteiger partial charge in [0.2, 0.25) is 0 Å². The Morgan fingerprint density at radius 2 is 2.23 bits per heavy atom. The standard InChI is InChI=1S/C14H15N7O/c15-14-13-10(16-8-17-14)1-2-12(19-13)21-5-6-22-11(7-21)9-3-4-18-20-9/h1-4,8,11H,5-7H2,(H,18,20)(H2,15,16,17). The normalized spacial score (nSPS) is 18.7. The molecule has 0 aromatic carbocycles. The molecule has 3 aromatic rings. The molecule has 1 saturated heterocycles. The molecule has 0 radical (unpaired) electrons. The number of hydrogen-bond donors (Lipinski definition) is 2. The van der Waals surface area contributed by atoms with Crippen LogP contribution >= 0.6 is 0 Å². The van der Waals surface area contributed by atoms with Crippen molar-refractivity contribution in [2.24, 2.45) is 0 Å². The first-order chi connectivity index (χ1) is 10.8. The number of nitrogen functional groups attached to an aromatic ring is 1. The van der Waals surface area contributed by atoms with Crippen LogP contribution in [0.4, 0.5) is 11.6 Å². The number of fused-ring (bicyclic) bond motifs is 1. The van der Waals surface area contributed by atoms with Crippen LogP contribution in [0.5, 0.6) is 0 Å². The number of ether oxygens (including phenoxy) is 1. The van der Waals surface area contributed by atoms with Crippen LogP contribution in [0, 0.1) is 0 Å². The van der Waals surface area contributed by atoms with Crippen molar-refractivity contribution in [2.45, 2.75) is 6.10 Å². The lowest BCUT2D eigenvalue weighted by Gasteiger charge is -2.33. The first kappa shape index (κ1) is 13.0. The molecule has 4 heterocycles. The first-order valence-electron chi connectivity index (χ1n) is 7.05. The number of rotatable bonds is 2. The summed E-state index contributed by atoms with van der Waals surface area (Å²) < 4.78 is 5.78. The average molecular weight is 297 g/mol. The number of pyridine rings is 1. The third-order valence-electron chi connectivity index (χ3n) is 3.74. The highest BCUT2D eigenvalue weighted by Gasteiger charge is 2.24. The number of aromatic nitrogens is 5. The largest absolute Gasteiger partial charge is 0.382 e. The molecule has 0 amide bonds. The van der Waals surface area contributed by atoms with Gasteiger partial charge in [-0.25, -0.2) is 15.0 Å². The monoisotopic (exact) mass is 297 g/mol. The predicted octanol–water partition coefficient (Wildman–Crippen LogP) is 0.908. The lowest BCUT2D eigenvalue weighted by atomic mass is 10.2. The van der Waals surface area contributed by atoms with Crippen molar-refractivity contribution in [1.29, 1.82) is 0 Å². The molecule has 3 N–H and O–H groups in total. The summed E-state index contributed by atoms with van der Waals surface area (Å²) in [6.07, 6.45) is 3.17. The van der Waals surface area contributed by atoms with Gasteiger partial charge >= 0.3 is 0 Å². The lowest BCUT2D eigenvalue weighted by Crippen LogP contribution is -2.39. The second kappa shape index (κ2) is 5.23. The molecule has 0 saturated carbocycles. The van der Waals surface area contributed by atoms with Crippen molar-refractivity contribution >= 4 is 22.7 Å². The van der Waals surface area contributed by atoms with E-state index in [1.165, 1.54) is 6.33 Å². The minimum Gasteiger partial charge on any atom is -0.382 e. The van der Waals surface area contributed by atoms with Gasteiger partial charge in [-0.2, -0.15) is 5.10 Å². The Kier molecular flexibility index (Phi) is 3.08. The number of aromatic amines is 1. The van der Waals surface area contributed by atoms with Gasteiger partial charge in [-0.1, -0.05) is 0 Å². The van der Waals surface area contributed by atoms with E-state index in [-0.39, 0.29) is 6.10 Å². The third-order valence-corrected chi connectivity index (χ3v) is 3.74. The van der Waals surface area contributed by atoms with Gasteiger partial charge in [0.05, 0.1) is 24.4 Å². The Hall–Kier alpha value is -2.74. The molecule has 1 fully saturated rings. The molecular formula is C14H15N7O. The molecular weight excluding hydrogens is 282 g/mol. The Morgan fingerprint density at radius 1 is 1.27 bits per heavy atom. The van der Waals surface area contributed by atoms with E-state index in [4.69, 9.17) is 10.5 Å². The average Bonchev–Trinajstić information content (AvgIpc) is 3.10. The number of nitrogens with zero attached hydrogens (tertiary/aromatic N) is 5. The van der Waals surface area contributed by atoms with E-state index in [9.17, 15) is 0 Å². The van der Waals surface area contributed by atoms with Gasteiger partial charge in [0.25, 0.3) is 0 Å². The molecule has 8 nitrogen and oxygen atoms in total. The summed E-state index contributed by atoms with van der Waals surface area (Å²) in [6, 6.07) is 5.78. The molecule has 0 bridgehead atoms. The van der Waals surface area contributed by atoms with Gasteiger partial charge in [0.1, 0.15) is 23.8 Å². The van der Waals surface area contributed by atoms with Gasteiger partial charge < -0.3 is 15.4 Å². The van der Waals surface area contributed by atoms with E-state index < -0.39 is 0 Å². The molecule has 1 aliphatic rings. The Bertz CT molecular complexity index is 789. The maximum atomic E-state index is 5.89. The number of nitrogens with two attached hydrogens (primary N) is 1. The van der Waals surface area contributed by atoms with Crippen molar-refractivity contribution in [2.75, 3.05) is 30.3 Å². The molecule has 1 aliphatic heterocycles. The number of morpholine rings is 1. The van der Waals surface area contributed by atoms with Crippen molar-refractivity contribution in [3.05, 3.63) is 36.4 Å². The van der Waals surface area contributed by atoms with Crippen molar-refractivity contribution in [1.82, 2.24) is 25.1 Å². The van der Waals surface area contributed by atoms with Crippen LogP contribution in [-0.2, 0) is 4.74 Å². The SMILES string of the molecule is Nc1ncnc2ccc(N3CCOC(c4cc[nH]n4)C3)nc12. The maximum Gasteiger partial charge on any atom is 0.153 e. The molecule has 0 spiro atoms. The van der Waals surface area contributed by atoms with Gasteiger partial charge in [0, 0.05) is 12.7 Å². The second-order valence-corrected chi connectivity index (χ2v) is 5.10. The highest BCUT2D eigenvalue weighted by molar-refractivity contribution is 5.84. The lowest BCUT2D eigenvalue weighted by molar-refractivity contribution is 0.0367. The smallest absolute Gasteiger partial charge is 0.153 e. The quantitative estimate of drug-likeness (QED) is 0.724. The Balaban J connectivity index is 1.65. The van der Waals surface area contributed by atoms with E-state index in [1.807, 2.05) is 18.2 Å². The van der Waals surface area contributed by atoms with Crippen LogP contribution in [0.2, 0.25) is 0 Å². The minimum absolute atomic E-state index is 0.0677. The minimum atomic E-state index is -0.0677. The molecule has 3 aromatic heterocycles. The Labute approximate surface area is 126 Å². The van der Waals surface area contributed by atoms with Crippen molar-refractivity contribution in [3.8, 4) is 0 Å². The van der Waals surface area contributed by atoms with E-state index in [2.05, 4.69) is 30.0 Å². The summed E-state index contributed by atoms with van der Waals surface area (Å²) >= 11 is 0. The van der Waals surface area contributed by atoms with Crippen LogP contribution in [0.25, 0.3) is 11.0 Å². The number of anilines is 2. The first-order valence-corrected chi connectivity index (χ1v) is 7.05. The number of nitrogens with one attached hydrogen (secondary N) is 1. The summed E-state index contributed by atoms with van der Waals surface area (Å²) in [5.74, 6) is 1.24. The molecule has 8 heteroatoms. The second-order valence-electron chi connectivity index (χ2n) is 5.10. The van der Waals surface area contributed by atoms with Crippen LogP contribution in [-0.4, -0.2) is 44.8 Å². The topological polar surface area (TPSA) is 106 Å². The predicted molar refractivity (Wildman–Crippen MR) is 81.2 cm³/mol. The summed E-state index contributed by atoms with van der Waals surface area (Å²) in [6.45, 7) is 2.09. The maximum absolute atomic E-state index is 5.89. The van der Waals surface area contributed by atoms with Gasteiger partial charge in [-0.05, 0) is 18.2 Å². The number of H-pyrrole nitrogens is 1. The van der Waals surface area contributed by atoms with Crippen LogP contribution in [0.15, 0.2) is 30.7 Å². The molecule has 1 atom stereocenters. The fourth-order valence-corrected chi connectivity index (χ4v) is 2.61. The zero-order chi connectivity index (χ0) is 14.9. The van der Waals surface area contributed by atoms with Crippen LogP contribution < -0.4 is 10.6 Å². The summed E-state index contributed by atoms with van der Waals surface area (Å²) in [5.41, 5.74) is 8.16. The highest BCUT2D eigenvalue weighted by Crippen LogP contribution is 2.25. The van der Waals surface area contributed by atoms with Gasteiger partial charge in [0.15, 0.2) is 5.82 Å². The van der Waals surface area contributed by atoms with Gasteiger partial charge in [-0.15, -0.1) is 0 Å². The zero-order valence-electron chi connectivity index (χ0n) is 11.8. The zero-order valence-corrected chi connectivity index (χ0v) is 11.8. The molecule has 22 heavy (non-hydrogen) atoms. The Morgan fingerprint density at radius 3 is 3.09 bits per heavy atom. The summed E-state index contributed by atoms with van der Waals surface area (Å²) in [7, 11) is 0. The number of hydrogen-bond acceptors (Lipinski definition) is 7. The van der Waals surface area contributed by atoms with E-state index in [0.717, 1.165) is 23.6 Å². The molecule has 112 valence electrons.